The number of fused-ring (bicyclic) bond motifs is 3. The molecule has 0 spiro atoms. The summed E-state index contributed by atoms with van der Waals surface area (Å²) in [6.07, 6.45) is 4.12. The number of phenolic OH excluding ortho intramolecular Hbond substituents is 1. The number of phenols is 1. The van der Waals surface area contributed by atoms with Crippen LogP contribution in [0.3, 0.4) is 0 Å². The molecule has 36 heavy (non-hydrogen) atoms. The largest absolute Gasteiger partial charge is 0.508 e. The van der Waals surface area contributed by atoms with Crippen molar-refractivity contribution in [3.63, 3.8) is 0 Å². The Labute approximate surface area is 208 Å². The zero-order valence-corrected chi connectivity index (χ0v) is 20.6. The van der Waals surface area contributed by atoms with Gasteiger partial charge in [0.05, 0.1) is 11.6 Å². The number of hydrogen-bond acceptors (Lipinski definition) is 9. The first-order valence-electron chi connectivity index (χ1n) is 11.6. The molecule has 0 aliphatic heterocycles. The summed E-state index contributed by atoms with van der Waals surface area (Å²) in [5.41, 5.74) is 3.18. The Morgan fingerprint density at radius 3 is 2.42 bits per heavy atom. The third kappa shape index (κ3) is 3.64. The van der Waals surface area contributed by atoms with E-state index in [1.165, 1.54) is 11.0 Å². The Kier molecular flexibility index (Phi) is 6.32. The van der Waals surface area contributed by atoms with E-state index in [4.69, 9.17) is 5.73 Å². The number of Topliss-reactive ketones (excluding diaryl/α,β-unsaturated/α-hetero) is 2. The second-order valence-corrected chi connectivity index (χ2v) is 10.2. The number of aromatic hydroxyl groups is 1. The van der Waals surface area contributed by atoms with E-state index in [2.05, 4.69) is 0 Å². The van der Waals surface area contributed by atoms with Crippen molar-refractivity contribution >= 4 is 29.3 Å². The van der Waals surface area contributed by atoms with Crippen molar-refractivity contribution in [3.8, 4) is 5.75 Å². The standard InChI is InChI=1S/C26H31N3O7/c1-28(2)9-5-6-12-7-8-16(30)18-14(12)10-13-11-15-20(29(3)4)22(32)19(25(27)35)24(34)26(15,36)23(33)17(13)21(18)31/h5-8,13,15,20,30-31,34,36H,9-11H2,1-4H3,(H2,27,35)/b6-5-/t13-,15-,20-,26-/m0/s1. The summed E-state index contributed by atoms with van der Waals surface area (Å²) in [5, 5.41) is 44.3. The molecule has 0 aromatic heterocycles. The zero-order valence-electron chi connectivity index (χ0n) is 20.6. The third-order valence-electron chi connectivity index (χ3n) is 7.41. The molecule has 0 bridgehead atoms. The van der Waals surface area contributed by atoms with Crippen LogP contribution in [0.1, 0.15) is 23.1 Å². The lowest BCUT2D eigenvalue weighted by atomic mass is 9.57. The molecule has 4 rings (SSSR count). The average molecular weight is 498 g/mol. The highest BCUT2D eigenvalue weighted by molar-refractivity contribution is 6.24. The van der Waals surface area contributed by atoms with Crippen LogP contribution < -0.4 is 5.73 Å². The number of aliphatic hydroxyl groups excluding tert-OH is 2. The lowest BCUT2D eigenvalue weighted by Gasteiger charge is -2.50. The summed E-state index contributed by atoms with van der Waals surface area (Å²) in [7, 11) is 6.98. The molecule has 0 saturated heterocycles. The summed E-state index contributed by atoms with van der Waals surface area (Å²) in [6, 6.07) is 2.03. The van der Waals surface area contributed by atoms with Crippen molar-refractivity contribution in [1.29, 1.82) is 0 Å². The van der Waals surface area contributed by atoms with Crippen molar-refractivity contribution in [1.82, 2.24) is 9.80 Å². The monoisotopic (exact) mass is 497 g/mol. The molecule has 1 aromatic carbocycles. The molecule has 10 heteroatoms. The lowest BCUT2D eigenvalue weighted by molar-refractivity contribution is -0.153. The fraction of sp³-hybridized carbons (Fsp3) is 0.423. The molecule has 6 N–H and O–H groups in total. The third-order valence-corrected chi connectivity index (χ3v) is 7.41. The van der Waals surface area contributed by atoms with Crippen LogP contribution in [0, 0.1) is 11.8 Å². The minimum atomic E-state index is -2.64. The van der Waals surface area contributed by atoms with E-state index < -0.39 is 58.0 Å². The molecular weight excluding hydrogens is 466 g/mol. The second-order valence-electron chi connectivity index (χ2n) is 10.2. The first-order chi connectivity index (χ1) is 16.8. The van der Waals surface area contributed by atoms with Crippen LogP contribution in [0.5, 0.6) is 5.75 Å². The number of nitrogens with zero attached hydrogens (tertiary/aromatic N) is 2. The summed E-state index contributed by atoms with van der Waals surface area (Å²) < 4.78 is 0. The minimum Gasteiger partial charge on any atom is -0.508 e. The smallest absolute Gasteiger partial charge is 0.255 e. The van der Waals surface area contributed by atoms with Gasteiger partial charge in [0.25, 0.3) is 5.91 Å². The summed E-state index contributed by atoms with van der Waals surface area (Å²) >= 11 is 0. The number of rotatable bonds is 5. The maximum atomic E-state index is 13.8. The highest BCUT2D eigenvalue weighted by atomic mass is 16.3. The Bertz CT molecular complexity index is 1260. The number of nitrogens with two attached hydrogens (primary N) is 1. The van der Waals surface area contributed by atoms with Gasteiger partial charge < -0.3 is 31.1 Å². The van der Waals surface area contributed by atoms with Gasteiger partial charge in [-0.1, -0.05) is 18.2 Å². The van der Waals surface area contributed by atoms with Crippen molar-refractivity contribution in [2.75, 3.05) is 34.7 Å². The predicted octanol–water partition coefficient (Wildman–Crippen LogP) is 0.539. The van der Waals surface area contributed by atoms with Gasteiger partial charge in [0.1, 0.15) is 22.8 Å². The Morgan fingerprint density at radius 1 is 1.17 bits per heavy atom. The van der Waals surface area contributed by atoms with Gasteiger partial charge >= 0.3 is 0 Å². The van der Waals surface area contributed by atoms with Gasteiger partial charge in [-0.25, -0.2) is 0 Å². The second kappa shape index (κ2) is 8.88. The van der Waals surface area contributed by atoms with Crippen LogP contribution in [0.25, 0.3) is 11.8 Å². The summed E-state index contributed by atoms with van der Waals surface area (Å²) in [6.45, 7) is 0.667. The molecule has 1 fully saturated rings. The number of primary amides is 1. The number of likely N-dealkylation sites (N-methyl/N-ethyl adjacent to an activating group) is 2. The van der Waals surface area contributed by atoms with Gasteiger partial charge in [-0.05, 0) is 64.1 Å². The Hall–Kier alpha value is -3.47. The van der Waals surface area contributed by atoms with E-state index >= 15 is 0 Å². The van der Waals surface area contributed by atoms with E-state index in [1.807, 2.05) is 31.1 Å². The van der Waals surface area contributed by atoms with Crippen molar-refractivity contribution < 1.29 is 34.8 Å². The molecule has 0 unspecified atom stereocenters. The topological polar surface area (TPSA) is 165 Å². The number of amides is 1. The molecule has 0 radical (unpaired) electrons. The molecule has 0 heterocycles. The molecule has 3 aliphatic rings. The number of aliphatic hydroxyl groups is 3. The van der Waals surface area contributed by atoms with E-state index in [-0.39, 0.29) is 29.7 Å². The Morgan fingerprint density at radius 2 is 1.83 bits per heavy atom. The molecular formula is C26H31N3O7. The molecule has 1 saturated carbocycles. The summed E-state index contributed by atoms with van der Waals surface area (Å²) in [4.78, 5) is 42.4. The first-order valence-corrected chi connectivity index (χ1v) is 11.6. The number of carbonyl (C=O) groups is 3. The highest BCUT2D eigenvalue weighted by Crippen LogP contribution is 2.53. The van der Waals surface area contributed by atoms with Crippen LogP contribution in [0.2, 0.25) is 0 Å². The van der Waals surface area contributed by atoms with Gasteiger partial charge in [0.2, 0.25) is 5.78 Å². The van der Waals surface area contributed by atoms with Crippen molar-refractivity contribution in [2.45, 2.75) is 24.5 Å². The van der Waals surface area contributed by atoms with Gasteiger partial charge in [-0.15, -0.1) is 0 Å². The quantitative estimate of drug-likeness (QED) is 0.365. The average Bonchev–Trinajstić information content (AvgIpc) is 2.77. The lowest BCUT2D eigenvalue weighted by Crippen LogP contribution is -2.65. The molecule has 4 atom stereocenters. The predicted molar refractivity (Wildman–Crippen MR) is 132 cm³/mol. The fourth-order valence-corrected chi connectivity index (χ4v) is 5.81. The van der Waals surface area contributed by atoms with Gasteiger partial charge in [0.15, 0.2) is 11.4 Å². The van der Waals surface area contributed by atoms with Gasteiger partial charge in [0, 0.05) is 18.0 Å². The van der Waals surface area contributed by atoms with Crippen molar-refractivity contribution in [2.24, 2.45) is 17.6 Å². The van der Waals surface area contributed by atoms with Crippen LogP contribution in [-0.4, -0.2) is 94.1 Å². The molecule has 3 aliphatic carbocycles. The normalized spacial score (nSPS) is 28.1. The molecule has 1 aromatic rings. The first kappa shape index (κ1) is 25.6. The Balaban J connectivity index is 1.92. The van der Waals surface area contributed by atoms with E-state index in [1.54, 1.807) is 20.2 Å². The van der Waals surface area contributed by atoms with E-state index in [0.29, 0.717) is 12.1 Å². The molecule has 192 valence electrons. The summed E-state index contributed by atoms with van der Waals surface area (Å²) in [5.74, 6) is -6.57. The maximum absolute atomic E-state index is 13.8. The number of benzene rings is 1. The highest BCUT2D eigenvalue weighted by Gasteiger charge is 2.64. The zero-order chi connectivity index (χ0) is 26.7. The van der Waals surface area contributed by atoms with Crippen LogP contribution in [0.4, 0.5) is 0 Å². The number of ketones is 2. The van der Waals surface area contributed by atoms with Crippen LogP contribution >= 0.6 is 0 Å². The molecule has 10 nitrogen and oxygen atoms in total. The van der Waals surface area contributed by atoms with Gasteiger partial charge in [-0.3, -0.25) is 19.3 Å². The minimum absolute atomic E-state index is 0.0578. The number of carbonyl (C=O) groups excluding carboxylic acids is 3. The van der Waals surface area contributed by atoms with E-state index in [9.17, 15) is 34.8 Å². The molecule has 1 amide bonds. The SMILES string of the molecule is CN(C)C/C=C\c1ccc(O)c2c1C[C@H]1C[C@H]3[C@H](N(C)C)C(=O)C(C(N)=O)=C(O)[C@@]3(O)C(=O)C1=C2O. The maximum Gasteiger partial charge on any atom is 0.255 e. The number of hydrogen-bond donors (Lipinski definition) is 5. The fourth-order valence-electron chi connectivity index (χ4n) is 5.81. The van der Waals surface area contributed by atoms with Crippen LogP contribution in [-0.2, 0) is 20.8 Å². The van der Waals surface area contributed by atoms with E-state index in [0.717, 1.165) is 5.56 Å². The van der Waals surface area contributed by atoms with Gasteiger partial charge in [-0.2, -0.15) is 0 Å². The van der Waals surface area contributed by atoms with Crippen molar-refractivity contribution in [3.05, 3.63) is 51.8 Å². The van der Waals surface area contributed by atoms with Crippen LogP contribution in [0.15, 0.2) is 35.1 Å².